The Morgan fingerprint density at radius 1 is 1.27 bits per heavy atom. The van der Waals surface area contributed by atoms with Gasteiger partial charge >= 0.3 is 0 Å². The zero-order valence-electron chi connectivity index (χ0n) is 6.55. The highest BCUT2D eigenvalue weighted by Gasteiger charge is 2.59. The molecule has 1 heterocycles. The van der Waals surface area contributed by atoms with Crippen LogP contribution < -0.4 is 0 Å². The summed E-state index contributed by atoms with van der Waals surface area (Å²) in [5.41, 5.74) is -0.925. The summed E-state index contributed by atoms with van der Waals surface area (Å²) in [5, 5.41) is 19.1. The highest BCUT2D eigenvalue weighted by Crippen LogP contribution is 2.56. The van der Waals surface area contributed by atoms with E-state index in [9.17, 15) is 5.11 Å². The molecule has 1 unspecified atom stereocenters. The molecule has 1 aliphatic carbocycles. The average molecular weight is 158 g/mol. The summed E-state index contributed by atoms with van der Waals surface area (Å²) in [6.07, 6.45) is 2.58. The molecule has 0 aromatic rings. The molecule has 64 valence electrons. The third-order valence-electron chi connectivity index (χ3n) is 3.14. The van der Waals surface area contributed by atoms with Gasteiger partial charge in [-0.05, 0) is 12.8 Å². The van der Waals surface area contributed by atoms with Crippen molar-refractivity contribution >= 4 is 0 Å². The maximum Gasteiger partial charge on any atom is 0.0979 e. The number of aliphatic hydroxyl groups is 2. The van der Waals surface area contributed by atoms with Crippen molar-refractivity contribution in [2.75, 3.05) is 19.8 Å². The van der Waals surface area contributed by atoms with E-state index in [0.717, 1.165) is 12.8 Å². The maximum absolute atomic E-state index is 10.00. The van der Waals surface area contributed by atoms with E-state index in [1.165, 1.54) is 0 Å². The first kappa shape index (κ1) is 7.53. The second kappa shape index (κ2) is 2.19. The van der Waals surface area contributed by atoms with Gasteiger partial charge in [0.15, 0.2) is 0 Å². The molecule has 0 aromatic carbocycles. The van der Waals surface area contributed by atoms with Gasteiger partial charge in [0.05, 0.1) is 18.8 Å². The van der Waals surface area contributed by atoms with Crippen molar-refractivity contribution < 1.29 is 14.9 Å². The minimum absolute atomic E-state index is 0.104. The van der Waals surface area contributed by atoms with E-state index in [2.05, 4.69) is 0 Å². The molecule has 1 saturated heterocycles. The molecule has 0 aromatic heterocycles. The van der Waals surface area contributed by atoms with Crippen molar-refractivity contribution in [1.29, 1.82) is 0 Å². The van der Waals surface area contributed by atoms with Gasteiger partial charge < -0.3 is 14.9 Å². The van der Waals surface area contributed by atoms with Gasteiger partial charge in [0.1, 0.15) is 0 Å². The van der Waals surface area contributed by atoms with Gasteiger partial charge in [-0.3, -0.25) is 0 Å². The highest BCUT2D eigenvalue weighted by atomic mass is 16.5. The summed E-state index contributed by atoms with van der Waals surface area (Å²) in [7, 11) is 0. The minimum atomic E-state index is -0.720. The van der Waals surface area contributed by atoms with Crippen LogP contribution in [0.25, 0.3) is 0 Å². The third-order valence-corrected chi connectivity index (χ3v) is 3.14. The van der Waals surface area contributed by atoms with E-state index >= 15 is 0 Å². The zero-order valence-corrected chi connectivity index (χ0v) is 6.55. The van der Waals surface area contributed by atoms with Crippen LogP contribution in [-0.2, 0) is 4.74 Å². The topological polar surface area (TPSA) is 49.7 Å². The summed E-state index contributed by atoms with van der Waals surface area (Å²) < 4.78 is 5.13. The molecule has 11 heavy (non-hydrogen) atoms. The van der Waals surface area contributed by atoms with Crippen molar-refractivity contribution in [2.45, 2.75) is 24.9 Å². The fourth-order valence-electron chi connectivity index (χ4n) is 1.89. The fourth-order valence-corrected chi connectivity index (χ4v) is 1.89. The molecule has 3 heteroatoms. The Bertz CT molecular complexity index is 157. The Hall–Kier alpha value is -0.120. The molecular formula is C8H14O3. The number of aliphatic hydroxyl groups excluding tert-OH is 1. The number of ether oxygens (including phenoxy) is 1. The molecule has 1 atom stereocenters. The molecule has 2 fully saturated rings. The van der Waals surface area contributed by atoms with Crippen LogP contribution in [-0.4, -0.2) is 35.6 Å². The van der Waals surface area contributed by atoms with E-state index in [1.54, 1.807) is 0 Å². The smallest absolute Gasteiger partial charge is 0.0979 e. The molecule has 0 amide bonds. The lowest BCUT2D eigenvalue weighted by Gasteiger charge is -2.29. The lowest BCUT2D eigenvalue weighted by molar-refractivity contribution is -0.0582. The SMILES string of the molecule is OCC1(C2(O)CCOC2)CC1. The van der Waals surface area contributed by atoms with Gasteiger partial charge in [-0.1, -0.05) is 0 Å². The Morgan fingerprint density at radius 3 is 2.36 bits per heavy atom. The van der Waals surface area contributed by atoms with Crippen LogP contribution in [0, 0.1) is 5.41 Å². The van der Waals surface area contributed by atoms with E-state index < -0.39 is 5.60 Å². The second-order valence-electron chi connectivity index (χ2n) is 3.77. The van der Waals surface area contributed by atoms with Crippen molar-refractivity contribution in [3.63, 3.8) is 0 Å². The number of hydrogen-bond donors (Lipinski definition) is 2. The van der Waals surface area contributed by atoms with Crippen LogP contribution >= 0.6 is 0 Å². The van der Waals surface area contributed by atoms with Crippen LogP contribution in [0.1, 0.15) is 19.3 Å². The normalized spacial score (nSPS) is 40.9. The molecule has 2 aliphatic rings. The van der Waals surface area contributed by atoms with Gasteiger partial charge in [-0.2, -0.15) is 0 Å². The van der Waals surface area contributed by atoms with Gasteiger partial charge in [-0.15, -0.1) is 0 Å². The molecule has 3 nitrogen and oxygen atoms in total. The van der Waals surface area contributed by atoms with Gasteiger partial charge in [0, 0.05) is 18.4 Å². The molecule has 1 saturated carbocycles. The molecule has 2 N–H and O–H groups in total. The van der Waals surface area contributed by atoms with Crippen molar-refractivity contribution in [3.05, 3.63) is 0 Å². The molecule has 2 rings (SSSR count). The summed E-state index contributed by atoms with van der Waals surface area (Å²) in [6.45, 7) is 1.15. The predicted molar refractivity (Wildman–Crippen MR) is 39.1 cm³/mol. The standard InChI is InChI=1S/C8H14O3/c9-5-7(1-2-7)8(10)3-4-11-6-8/h9-10H,1-6H2. The lowest BCUT2D eigenvalue weighted by atomic mass is 9.84. The van der Waals surface area contributed by atoms with E-state index in [1.807, 2.05) is 0 Å². The number of hydrogen-bond acceptors (Lipinski definition) is 3. The Labute approximate surface area is 66.0 Å². The summed E-state index contributed by atoms with van der Waals surface area (Å²) in [5.74, 6) is 0. The van der Waals surface area contributed by atoms with Crippen LogP contribution in [0.5, 0.6) is 0 Å². The van der Waals surface area contributed by atoms with E-state index in [-0.39, 0.29) is 12.0 Å². The van der Waals surface area contributed by atoms with Crippen LogP contribution in [0.2, 0.25) is 0 Å². The quantitative estimate of drug-likeness (QED) is 0.590. The van der Waals surface area contributed by atoms with E-state index in [4.69, 9.17) is 9.84 Å². The second-order valence-corrected chi connectivity index (χ2v) is 3.77. The molecule has 0 radical (unpaired) electrons. The van der Waals surface area contributed by atoms with Crippen molar-refractivity contribution in [2.24, 2.45) is 5.41 Å². The van der Waals surface area contributed by atoms with Crippen molar-refractivity contribution in [1.82, 2.24) is 0 Å². The zero-order chi connectivity index (χ0) is 7.95. The van der Waals surface area contributed by atoms with Crippen LogP contribution in [0.3, 0.4) is 0 Å². The Balaban J connectivity index is 2.12. The van der Waals surface area contributed by atoms with Crippen molar-refractivity contribution in [3.8, 4) is 0 Å². The lowest BCUT2D eigenvalue weighted by Crippen LogP contribution is -2.42. The van der Waals surface area contributed by atoms with Gasteiger partial charge in [0.25, 0.3) is 0 Å². The largest absolute Gasteiger partial charge is 0.396 e. The van der Waals surface area contributed by atoms with E-state index in [0.29, 0.717) is 19.6 Å². The summed E-state index contributed by atoms with van der Waals surface area (Å²) in [4.78, 5) is 0. The fraction of sp³-hybridized carbons (Fsp3) is 1.00. The summed E-state index contributed by atoms with van der Waals surface area (Å²) >= 11 is 0. The first-order chi connectivity index (χ1) is 5.22. The average Bonchev–Trinajstić information content (AvgIpc) is 2.71. The first-order valence-electron chi connectivity index (χ1n) is 4.13. The molecule has 1 aliphatic heterocycles. The van der Waals surface area contributed by atoms with Gasteiger partial charge in [0.2, 0.25) is 0 Å². The number of rotatable bonds is 2. The Kier molecular flexibility index (Phi) is 1.50. The minimum Gasteiger partial charge on any atom is -0.396 e. The Morgan fingerprint density at radius 2 is 2.00 bits per heavy atom. The molecular weight excluding hydrogens is 144 g/mol. The summed E-state index contributed by atoms with van der Waals surface area (Å²) in [6, 6.07) is 0. The third kappa shape index (κ3) is 0.916. The monoisotopic (exact) mass is 158 g/mol. The predicted octanol–water partition coefficient (Wildman–Crippen LogP) is -0.0897. The maximum atomic E-state index is 10.00. The molecule has 0 spiro atoms. The van der Waals surface area contributed by atoms with Crippen LogP contribution in [0.15, 0.2) is 0 Å². The molecule has 0 bridgehead atoms. The first-order valence-corrected chi connectivity index (χ1v) is 4.13. The van der Waals surface area contributed by atoms with Gasteiger partial charge in [-0.25, -0.2) is 0 Å². The van der Waals surface area contributed by atoms with Crippen LogP contribution in [0.4, 0.5) is 0 Å². The highest BCUT2D eigenvalue weighted by molar-refractivity contribution is 5.09.